The fourth-order valence-corrected chi connectivity index (χ4v) is 2.52. The van der Waals surface area contributed by atoms with E-state index < -0.39 is 0 Å². The first-order valence-corrected chi connectivity index (χ1v) is 6.69. The van der Waals surface area contributed by atoms with Gasteiger partial charge in [0, 0.05) is 6.54 Å². The number of pyridine rings is 1. The van der Waals surface area contributed by atoms with Gasteiger partial charge in [0.1, 0.15) is 5.75 Å². The smallest absolute Gasteiger partial charge is 0.133 e. The zero-order valence-corrected chi connectivity index (χ0v) is 10.4. The quantitative estimate of drug-likeness (QED) is 0.770. The van der Waals surface area contributed by atoms with Crippen molar-refractivity contribution in [3.63, 3.8) is 0 Å². The molecule has 0 amide bonds. The summed E-state index contributed by atoms with van der Waals surface area (Å²) < 4.78 is 0. The van der Waals surface area contributed by atoms with Gasteiger partial charge >= 0.3 is 0 Å². The van der Waals surface area contributed by atoms with Gasteiger partial charge in [0.05, 0.1) is 11.9 Å². The first kappa shape index (κ1) is 12.4. The molecule has 0 bridgehead atoms. The molecule has 0 unspecified atom stereocenters. The van der Waals surface area contributed by atoms with Gasteiger partial charge in [-0.2, -0.15) is 0 Å². The van der Waals surface area contributed by atoms with Gasteiger partial charge in [-0.15, -0.1) is 0 Å². The van der Waals surface area contributed by atoms with Crippen molar-refractivity contribution >= 4 is 0 Å². The highest BCUT2D eigenvalue weighted by atomic mass is 16.3. The van der Waals surface area contributed by atoms with E-state index in [2.05, 4.69) is 10.3 Å². The SMILES string of the molecule is Oc1ccc(CNCCC2CCCCC2)nc1. The second-order valence-corrected chi connectivity index (χ2v) is 4.98. The standard InChI is InChI=1S/C14H22N2O/c17-14-7-6-13(16-11-14)10-15-9-8-12-4-2-1-3-5-12/h6-7,11-12,15,17H,1-5,8-10H2. The molecule has 0 aromatic carbocycles. The summed E-state index contributed by atoms with van der Waals surface area (Å²) in [4.78, 5) is 4.15. The van der Waals surface area contributed by atoms with Crippen LogP contribution < -0.4 is 5.32 Å². The zero-order valence-electron chi connectivity index (χ0n) is 10.4. The lowest BCUT2D eigenvalue weighted by Gasteiger charge is -2.21. The molecule has 1 aliphatic carbocycles. The van der Waals surface area contributed by atoms with E-state index in [1.165, 1.54) is 44.7 Å². The van der Waals surface area contributed by atoms with E-state index in [4.69, 9.17) is 5.11 Å². The topological polar surface area (TPSA) is 45.1 Å². The molecule has 3 heteroatoms. The van der Waals surface area contributed by atoms with Crippen molar-refractivity contribution in [1.82, 2.24) is 10.3 Å². The summed E-state index contributed by atoms with van der Waals surface area (Å²) in [6, 6.07) is 3.55. The van der Waals surface area contributed by atoms with Gasteiger partial charge in [-0.3, -0.25) is 4.98 Å². The van der Waals surface area contributed by atoms with E-state index in [9.17, 15) is 0 Å². The van der Waals surface area contributed by atoms with Crippen molar-refractivity contribution in [1.29, 1.82) is 0 Å². The van der Waals surface area contributed by atoms with E-state index in [1.54, 1.807) is 6.07 Å². The summed E-state index contributed by atoms with van der Waals surface area (Å²) in [6.07, 6.45) is 9.89. The Balaban J connectivity index is 1.60. The molecule has 1 heterocycles. The number of hydrogen-bond donors (Lipinski definition) is 2. The van der Waals surface area contributed by atoms with Gasteiger partial charge in [0.2, 0.25) is 0 Å². The van der Waals surface area contributed by atoms with Crippen molar-refractivity contribution in [2.24, 2.45) is 5.92 Å². The van der Waals surface area contributed by atoms with E-state index in [0.29, 0.717) is 0 Å². The Kier molecular flexibility index (Phi) is 4.80. The van der Waals surface area contributed by atoms with Crippen molar-refractivity contribution in [3.05, 3.63) is 24.0 Å². The summed E-state index contributed by atoms with van der Waals surface area (Å²) in [5.41, 5.74) is 0.992. The number of hydrogen-bond acceptors (Lipinski definition) is 3. The van der Waals surface area contributed by atoms with Gasteiger partial charge in [-0.1, -0.05) is 32.1 Å². The first-order valence-electron chi connectivity index (χ1n) is 6.69. The van der Waals surface area contributed by atoms with Crippen LogP contribution in [0.3, 0.4) is 0 Å². The third-order valence-electron chi connectivity index (χ3n) is 3.57. The molecular formula is C14H22N2O. The van der Waals surface area contributed by atoms with Gasteiger partial charge in [0.25, 0.3) is 0 Å². The van der Waals surface area contributed by atoms with Crippen molar-refractivity contribution < 1.29 is 5.11 Å². The zero-order chi connectivity index (χ0) is 11.9. The Morgan fingerprint density at radius 3 is 2.76 bits per heavy atom. The molecule has 17 heavy (non-hydrogen) atoms. The average Bonchev–Trinajstić information content (AvgIpc) is 2.38. The number of aromatic hydroxyl groups is 1. The molecule has 3 nitrogen and oxygen atoms in total. The predicted molar refractivity (Wildman–Crippen MR) is 68.8 cm³/mol. The van der Waals surface area contributed by atoms with Crippen LogP contribution in [0.15, 0.2) is 18.3 Å². The van der Waals surface area contributed by atoms with Crippen LogP contribution in [0.5, 0.6) is 5.75 Å². The predicted octanol–water partition coefficient (Wildman–Crippen LogP) is 2.85. The molecule has 2 rings (SSSR count). The van der Waals surface area contributed by atoms with Crippen LogP contribution in [0.4, 0.5) is 0 Å². The van der Waals surface area contributed by atoms with Gasteiger partial charge in [0.15, 0.2) is 0 Å². The van der Waals surface area contributed by atoms with Crippen LogP contribution in [0.2, 0.25) is 0 Å². The molecule has 0 atom stereocenters. The summed E-state index contributed by atoms with van der Waals surface area (Å²) in [7, 11) is 0. The monoisotopic (exact) mass is 234 g/mol. The molecule has 0 spiro atoms. The minimum Gasteiger partial charge on any atom is -0.506 e. The van der Waals surface area contributed by atoms with Crippen molar-refractivity contribution in [3.8, 4) is 5.75 Å². The minimum absolute atomic E-state index is 0.232. The molecule has 1 fully saturated rings. The van der Waals surface area contributed by atoms with E-state index in [-0.39, 0.29) is 5.75 Å². The largest absolute Gasteiger partial charge is 0.506 e. The molecule has 2 N–H and O–H groups in total. The fourth-order valence-electron chi connectivity index (χ4n) is 2.52. The maximum Gasteiger partial charge on any atom is 0.133 e. The Labute approximate surface area is 103 Å². The maximum absolute atomic E-state index is 9.12. The highest BCUT2D eigenvalue weighted by Gasteiger charge is 2.12. The second-order valence-electron chi connectivity index (χ2n) is 4.98. The molecule has 1 aromatic rings. The van der Waals surface area contributed by atoms with Crippen LogP contribution in [0, 0.1) is 5.92 Å². The average molecular weight is 234 g/mol. The highest BCUT2D eigenvalue weighted by molar-refractivity contribution is 5.17. The summed E-state index contributed by atoms with van der Waals surface area (Å²) in [5.74, 6) is 1.17. The van der Waals surface area contributed by atoms with Crippen molar-refractivity contribution in [2.75, 3.05) is 6.54 Å². The minimum atomic E-state index is 0.232. The van der Waals surface area contributed by atoms with Crippen LogP contribution in [0.1, 0.15) is 44.2 Å². The number of rotatable bonds is 5. The van der Waals surface area contributed by atoms with Gasteiger partial charge < -0.3 is 10.4 Å². The number of nitrogens with one attached hydrogen (secondary N) is 1. The lowest BCUT2D eigenvalue weighted by Crippen LogP contribution is -2.19. The van der Waals surface area contributed by atoms with Gasteiger partial charge in [-0.05, 0) is 31.0 Å². The van der Waals surface area contributed by atoms with Gasteiger partial charge in [-0.25, -0.2) is 0 Å². The summed E-state index contributed by atoms with van der Waals surface area (Å²) >= 11 is 0. The summed E-state index contributed by atoms with van der Waals surface area (Å²) in [5, 5.41) is 12.5. The molecule has 1 aliphatic rings. The number of nitrogens with zero attached hydrogens (tertiary/aromatic N) is 1. The molecule has 1 saturated carbocycles. The Morgan fingerprint density at radius 1 is 1.24 bits per heavy atom. The molecule has 0 radical (unpaired) electrons. The normalized spacial score (nSPS) is 17.2. The lowest BCUT2D eigenvalue weighted by atomic mass is 9.87. The van der Waals surface area contributed by atoms with E-state index >= 15 is 0 Å². The molecule has 1 aromatic heterocycles. The Hall–Kier alpha value is -1.09. The Morgan fingerprint density at radius 2 is 2.06 bits per heavy atom. The highest BCUT2D eigenvalue weighted by Crippen LogP contribution is 2.25. The second kappa shape index (κ2) is 6.60. The third-order valence-corrected chi connectivity index (χ3v) is 3.57. The molecule has 0 aliphatic heterocycles. The molecular weight excluding hydrogens is 212 g/mol. The first-order chi connectivity index (χ1) is 8.34. The molecule has 94 valence electrons. The maximum atomic E-state index is 9.12. The van der Waals surface area contributed by atoms with Crippen LogP contribution in [-0.4, -0.2) is 16.6 Å². The fraction of sp³-hybridized carbons (Fsp3) is 0.643. The third kappa shape index (κ3) is 4.35. The Bertz CT molecular complexity index is 317. The van der Waals surface area contributed by atoms with Crippen LogP contribution >= 0.6 is 0 Å². The van der Waals surface area contributed by atoms with Crippen LogP contribution in [-0.2, 0) is 6.54 Å². The van der Waals surface area contributed by atoms with E-state index in [0.717, 1.165) is 24.7 Å². The summed E-state index contributed by atoms with van der Waals surface area (Å²) in [6.45, 7) is 1.88. The number of aromatic nitrogens is 1. The van der Waals surface area contributed by atoms with Crippen molar-refractivity contribution in [2.45, 2.75) is 45.1 Å². The lowest BCUT2D eigenvalue weighted by molar-refractivity contribution is 0.333. The van der Waals surface area contributed by atoms with Crippen LogP contribution in [0.25, 0.3) is 0 Å². The van der Waals surface area contributed by atoms with E-state index in [1.807, 2.05) is 6.07 Å². The molecule has 0 saturated heterocycles.